The number of nitrogens with zero attached hydrogens (tertiary/aromatic N) is 2. The van der Waals surface area contributed by atoms with Crippen molar-refractivity contribution in [2.45, 2.75) is 31.6 Å². The van der Waals surface area contributed by atoms with Crippen LogP contribution in [0.25, 0.3) is 11.3 Å². The van der Waals surface area contributed by atoms with Gasteiger partial charge in [0, 0.05) is 29.7 Å². The standard InChI is InChI=1S/C24H27N3O4S2/c1-16-12-21(9-10-23(16)31-3)33(29,30)27-11-5-7-19(14-27)24(28)26-20-8-4-6-18(13-20)22-15-32-17(2)25-22/h4,6,8-10,12-13,15,19H,5,7,11,14H2,1-3H3,(H,26,28)/t19-/m1/s1. The van der Waals surface area contributed by atoms with Crippen LogP contribution in [0.4, 0.5) is 5.69 Å². The maximum Gasteiger partial charge on any atom is 0.243 e. The van der Waals surface area contributed by atoms with E-state index in [2.05, 4.69) is 10.3 Å². The molecule has 1 fully saturated rings. The summed E-state index contributed by atoms with van der Waals surface area (Å²) in [6.45, 7) is 4.32. The zero-order valence-corrected chi connectivity index (χ0v) is 20.5. The Balaban J connectivity index is 1.47. The summed E-state index contributed by atoms with van der Waals surface area (Å²) >= 11 is 1.58. The number of methoxy groups -OCH3 is 1. The van der Waals surface area contributed by atoms with Crippen LogP contribution in [0.5, 0.6) is 5.75 Å². The number of thiazole rings is 1. The van der Waals surface area contributed by atoms with Gasteiger partial charge in [-0.05, 0) is 62.6 Å². The van der Waals surface area contributed by atoms with Gasteiger partial charge in [0.1, 0.15) is 5.75 Å². The van der Waals surface area contributed by atoms with E-state index in [0.717, 1.165) is 21.8 Å². The Bertz CT molecular complexity index is 1270. The second-order valence-electron chi connectivity index (χ2n) is 8.16. The number of aromatic nitrogens is 1. The van der Waals surface area contributed by atoms with Crippen LogP contribution in [-0.4, -0.2) is 43.8 Å². The Hall–Kier alpha value is -2.75. The lowest BCUT2D eigenvalue weighted by molar-refractivity contribution is -0.120. The summed E-state index contributed by atoms with van der Waals surface area (Å²) in [6, 6.07) is 12.4. The molecule has 3 aromatic rings. The second kappa shape index (κ2) is 9.62. The molecule has 33 heavy (non-hydrogen) atoms. The molecule has 1 N–H and O–H groups in total. The monoisotopic (exact) mass is 485 g/mol. The summed E-state index contributed by atoms with van der Waals surface area (Å²) in [5.41, 5.74) is 3.23. The summed E-state index contributed by atoms with van der Waals surface area (Å²) in [5.74, 6) is 0.0466. The van der Waals surface area contributed by atoms with Gasteiger partial charge in [-0.25, -0.2) is 13.4 Å². The number of piperidine rings is 1. The fourth-order valence-corrected chi connectivity index (χ4v) is 6.26. The van der Waals surface area contributed by atoms with Crippen molar-refractivity contribution in [3.05, 3.63) is 58.4 Å². The average molecular weight is 486 g/mol. The second-order valence-corrected chi connectivity index (χ2v) is 11.2. The number of amides is 1. The first-order chi connectivity index (χ1) is 15.8. The highest BCUT2D eigenvalue weighted by molar-refractivity contribution is 7.89. The van der Waals surface area contributed by atoms with E-state index in [-0.39, 0.29) is 17.3 Å². The van der Waals surface area contributed by atoms with Crippen LogP contribution in [-0.2, 0) is 14.8 Å². The number of benzene rings is 2. The lowest BCUT2D eigenvalue weighted by Crippen LogP contribution is -2.43. The molecule has 9 heteroatoms. The normalized spacial score (nSPS) is 17.0. The molecule has 1 saturated heterocycles. The van der Waals surface area contributed by atoms with E-state index in [1.54, 1.807) is 36.6 Å². The minimum Gasteiger partial charge on any atom is -0.496 e. The van der Waals surface area contributed by atoms with Crippen LogP contribution in [0.1, 0.15) is 23.4 Å². The van der Waals surface area contributed by atoms with Crippen LogP contribution in [0.3, 0.4) is 0 Å². The third-order valence-corrected chi connectivity index (χ3v) is 8.44. The number of ether oxygens (including phenoxy) is 1. The Kier molecular flexibility index (Phi) is 6.83. The Morgan fingerprint density at radius 1 is 1.21 bits per heavy atom. The number of hydrogen-bond donors (Lipinski definition) is 1. The Labute approximate surface area is 198 Å². The van der Waals surface area contributed by atoms with Crippen LogP contribution >= 0.6 is 11.3 Å². The van der Waals surface area contributed by atoms with E-state index in [4.69, 9.17) is 4.74 Å². The molecule has 0 saturated carbocycles. The van der Waals surface area contributed by atoms with Crippen molar-refractivity contribution in [1.82, 2.24) is 9.29 Å². The van der Waals surface area contributed by atoms with Crippen LogP contribution in [0, 0.1) is 19.8 Å². The third kappa shape index (κ3) is 5.10. The van der Waals surface area contributed by atoms with E-state index in [1.807, 2.05) is 43.5 Å². The maximum atomic E-state index is 13.2. The van der Waals surface area contributed by atoms with Crippen LogP contribution < -0.4 is 10.1 Å². The molecule has 2 heterocycles. The molecule has 1 aliphatic heterocycles. The molecule has 0 unspecified atom stereocenters. The Morgan fingerprint density at radius 2 is 2.03 bits per heavy atom. The number of nitrogens with one attached hydrogen (secondary N) is 1. The minimum absolute atomic E-state index is 0.157. The molecule has 1 aromatic heterocycles. The van der Waals surface area contributed by atoms with E-state index in [9.17, 15) is 13.2 Å². The zero-order valence-electron chi connectivity index (χ0n) is 18.9. The fraction of sp³-hybridized carbons (Fsp3) is 0.333. The van der Waals surface area contributed by atoms with Crippen molar-refractivity contribution in [2.75, 3.05) is 25.5 Å². The molecule has 1 amide bonds. The molecule has 1 atom stereocenters. The fourth-order valence-electron chi connectivity index (χ4n) is 4.03. The number of sulfonamides is 1. The van der Waals surface area contributed by atoms with Crippen molar-refractivity contribution < 1.29 is 17.9 Å². The first kappa shape index (κ1) is 23.4. The first-order valence-corrected chi connectivity index (χ1v) is 13.1. The van der Waals surface area contributed by atoms with Gasteiger partial charge in [-0.2, -0.15) is 4.31 Å². The summed E-state index contributed by atoms with van der Waals surface area (Å²) in [5, 5.41) is 5.93. The quantitative estimate of drug-likeness (QED) is 0.556. The molecule has 0 spiro atoms. The molecule has 0 aliphatic carbocycles. The molecule has 4 rings (SSSR count). The molecule has 0 radical (unpaired) electrons. The number of aryl methyl sites for hydroxylation is 2. The third-order valence-electron chi connectivity index (χ3n) is 5.80. The highest BCUT2D eigenvalue weighted by Gasteiger charge is 2.33. The zero-order chi connectivity index (χ0) is 23.6. The van der Waals surface area contributed by atoms with E-state index in [1.165, 1.54) is 4.31 Å². The summed E-state index contributed by atoms with van der Waals surface area (Å²) < 4.78 is 33.1. The Morgan fingerprint density at radius 3 is 2.73 bits per heavy atom. The molecule has 7 nitrogen and oxygen atoms in total. The van der Waals surface area contributed by atoms with Gasteiger partial charge in [0.05, 0.1) is 28.6 Å². The lowest BCUT2D eigenvalue weighted by atomic mass is 9.98. The molecule has 0 bridgehead atoms. The van der Waals surface area contributed by atoms with Crippen LogP contribution in [0.2, 0.25) is 0 Å². The van der Waals surface area contributed by atoms with Gasteiger partial charge in [-0.3, -0.25) is 4.79 Å². The SMILES string of the molecule is COc1ccc(S(=O)(=O)N2CCC[C@@H](C(=O)Nc3cccc(-c4csc(C)n4)c3)C2)cc1C. The van der Waals surface area contributed by atoms with Gasteiger partial charge >= 0.3 is 0 Å². The lowest BCUT2D eigenvalue weighted by Gasteiger charge is -2.31. The summed E-state index contributed by atoms with van der Waals surface area (Å²) in [4.78, 5) is 17.7. The predicted molar refractivity (Wildman–Crippen MR) is 130 cm³/mol. The van der Waals surface area contributed by atoms with Gasteiger partial charge in [0.2, 0.25) is 15.9 Å². The van der Waals surface area contributed by atoms with E-state index < -0.39 is 15.9 Å². The van der Waals surface area contributed by atoms with Gasteiger partial charge in [0.25, 0.3) is 0 Å². The number of carbonyl (C=O) groups excluding carboxylic acids is 1. The first-order valence-electron chi connectivity index (χ1n) is 10.8. The van der Waals surface area contributed by atoms with E-state index in [0.29, 0.717) is 30.8 Å². The molecule has 1 aliphatic rings. The summed E-state index contributed by atoms with van der Waals surface area (Å²) in [6.07, 6.45) is 1.27. The smallest absolute Gasteiger partial charge is 0.243 e. The van der Waals surface area contributed by atoms with Crippen molar-refractivity contribution in [1.29, 1.82) is 0 Å². The largest absolute Gasteiger partial charge is 0.496 e. The minimum atomic E-state index is -3.70. The maximum absolute atomic E-state index is 13.2. The number of anilines is 1. The van der Waals surface area contributed by atoms with Crippen molar-refractivity contribution in [3.63, 3.8) is 0 Å². The number of rotatable bonds is 6. The van der Waals surface area contributed by atoms with Gasteiger partial charge in [-0.15, -0.1) is 11.3 Å². The molecule has 174 valence electrons. The van der Waals surface area contributed by atoms with Crippen molar-refractivity contribution in [3.8, 4) is 17.0 Å². The number of carbonyl (C=O) groups is 1. The average Bonchev–Trinajstić information content (AvgIpc) is 3.25. The highest BCUT2D eigenvalue weighted by atomic mass is 32.2. The van der Waals surface area contributed by atoms with Crippen LogP contribution in [0.15, 0.2) is 52.7 Å². The summed E-state index contributed by atoms with van der Waals surface area (Å²) in [7, 11) is -2.15. The topological polar surface area (TPSA) is 88.6 Å². The number of hydrogen-bond acceptors (Lipinski definition) is 6. The van der Waals surface area contributed by atoms with Crippen molar-refractivity contribution >= 4 is 33.0 Å². The van der Waals surface area contributed by atoms with Gasteiger partial charge < -0.3 is 10.1 Å². The van der Waals surface area contributed by atoms with E-state index >= 15 is 0 Å². The molecular weight excluding hydrogens is 458 g/mol. The highest BCUT2D eigenvalue weighted by Crippen LogP contribution is 2.29. The van der Waals surface area contributed by atoms with Crippen molar-refractivity contribution in [2.24, 2.45) is 5.92 Å². The van der Waals surface area contributed by atoms with Gasteiger partial charge in [-0.1, -0.05) is 12.1 Å². The van der Waals surface area contributed by atoms with Gasteiger partial charge in [0.15, 0.2) is 0 Å². The molecular formula is C24H27N3O4S2. The predicted octanol–water partition coefficient (Wildman–Crippen LogP) is 4.47. The molecule has 2 aromatic carbocycles.